The van der Waals surface area contributed by atoms with Gasteiger partial charge in [-0.1, -0.05) is 31.4 Å². The fourth-order valence-corrected chi connectivity index (χ4v) is 2.82. The minimum Gasteiger partial charge on any atom is -0.492 e. The van der Waals surface area contributed by atoms with Crippen LogP contribution in [0.4, 0.5) is 0 Å². The van der Waals surface area contributed by atoms with E-state index in [1.165, 1.54) is 12.0 Å². The summed E-state index contributed by atoms with van der Waals surface area (Å²) in [6, 6.07) is 8.18. The van der Waals surface area contributed by atoms with Crippen LogP contribution in [0, 0.1) is 0 Å². The summed E-state index contributed by atoms with van der Waals surface area (Å²) in [5, 5.41) is 10.6. The fraction of sp³-hybridized carbons (Fsp3) is 0.647. The molecule has 0 amide bonds. The lowest BCUT2D eigenvalue weighted by Gasteiger charge is -2.32. The molecule has 0 unspecified atom stereocenters. The second-order valence-corrected chi connectivity index (χ2v) is 6.26. The van der Waals surface area contributed by atoms with Crippen LogP contribution in [0.1, 0.15) is 37.7 Å². The summed E-state index contributed by atoms with van der Waals surface area (Å²) in [4.78, 5) is 2.10. The molecule has 0 bridgehead atoms. The molecule has 20 heavy (non-hydrogen) atoms. The number of likely N-dealkylation sites (N-methyl/N-ethyl adjacent to an activating group) is 1. The van der Waals surface area contributed by atoms with Crippen molar-refractivity contribution in [2.45, 2.75) is 44.1 Å². The first-order valence-corrected chi connectivity index (χ1v) is 7.66. The van der Waals surface area contributed by atoms with E-state index in [-0.39, 0.29) is 0 Å². The molecule has 1 aliphatic carbocycles. The summed E-state index contributed by atoms with van der Waals surface area (Å²) in [5.41, 5.74) is 0.723. The van der Waals surface area contributed by atoms with Gasteiger partial charge < -0.3 is 14.7 Å². The Balaban J connectivity index is 1.84. The molecule has 0 saturated heterocycles. The van der Waals surface area contributed by atoms with Crippen molar-refractivity contribution in [1.29, 1.82) is 0 Å². The maximum Gasteiger partial charge on any atom is 0.119 e. The maximum atomic E-state index is 10.6. The van der Waals surface area contributed by atoms with E-state index < -0.39 is 5.60 Å². The molecule has 3 nitrogen and oxygen atoms in total. The average molecular weight is 277 g/mol. The van der Waals surface area contributed by atoms with E-state index in [0.717, 1.165) is 44.4 Å². The number of hydrogen-bond acceptors (Lipinski definition) is 3. The van der Waals surface area contributed by atoms with Crippen LogP contribution in [0.25, 0.3) is 0 Å². The summed E-state index contributed by atoms with van der Waals surface area (Å²) in [7, 11) is 4.08. The summed E-state index contributed by atoms with van der Waals surface area (Å²) in [6.45, 7) is 1.62. The number of rotatable bonds is 6. The Kier molecular flexibility index (Phi) is 5.44. The third-order valence-corrected chi connectivity index (χ3v) is 4.05. The lowest BCUT2D eigenvalue weighted by molar-refractivity contribution is 0.00448. The molecule has 1 aromatic rings. The second kappa shape index (κ2) is 7.09. The Labute approximate surface area is 122 Å². The van der Waals surface area contributed by atoms with Crippen molar-refractivity contribution in [2.24, 2.45) is 0 Å². The van der Waals surface area contributed by atoms with Gasteiger partial charge in [-0.3, -0.25) is 0 Å². The Morgan fingerprint density at radius 2 is 1.75 bits per heavy atom. The Bertz CT molecular complexity index is 394. The van der Waals surface area contributed by atoms with E-state index in [1.807, 2.05) is 26.2 Å². The van der Waals surface area contributed by atoms with Crippen LogP contribution >= 0.6 is 0 Å². The molecule has 3 heteroatoms. The van der Waals surface area contributed by atoms with Crippen LogP contribution in [0.3, 0.4) is 0 Å². The van der Waals surface area contributed by atoms with E-state index in [1.54, 1.807) is 0 Å². The van der Waals surface area contributed by atoms with Gasteiger partial charge in [0.1, 0.15) is 12.4 Å². The van der Waals surface area contributed by atoms with Gasteiger partial charge in [0.2, 0.25) is 0 Å². The SMILES string of the molecule is CN(C)CCOc1ccc(CC2(O)CCCCC2)cc1. The first kappa shape index (κ1) is 15.3. The van der Waals surface area contributed by atoms with Gasteiger partial charge in [-0.15, -0.1) is 0 Å². The first-order valence-electron chi connectivity index (χ1n) is 7.66. The van der Waals surface area contributed by atoms with Crippen LogP contribution in [0.15, 0.2) is 24.3 Å². The van der Waals surface area contributed by atoms with Gasteiger partial charge >= 0.3 is 0 Å². The fourth-order valence-electron chi connectivity index (χ4n) is 2.82. The van der Waals surface area contributed by atoms with Crippen LogP contribution in [-0.4, -0.2) is 42.9 Å². The molecule has 1 aromatic carbocycles. The van der Waals surface area contributed by atoms with Crippen molar-refractivity contribution in [3.8, 4) is 5.75 Å². The highest BCUT2D eigenvalue weighted by Crippen LogP contribution is 2.31. The van der Waals surface area contributed by atoms with Crippen LogP contribution in [0.2, 0.25) is 0 Å². The monoisotopic (exact) mass is 277 g/mol. The average Bonchev–Trinajstić information content (AvgIpc) is 2.41. The zero-order chi connectivity index (χ0) is 14.4. The number of ether oxygens (including phenoxy) is 1. The highest BCUT2D eigenvalue weighted by molar-refractivity contribution is 5.28. The zero-order valence-electron chi connectivity index (χ0n) is 12.8. The minimum atomic E-state index is -0.481. The van der Waals surface area contributed by atoms with Crippen LogP contribution in [0.5, 0.6) is 5.75 Å². The van der Waals surface area contributed by atoms with Crippen LogP contribution < -0.4 is 4.74 Å². The Morgan fingerprint density at radius 1 is 1.10 bits per heavy atom. The highest BCUT2D eigenvalue weighted by Gasteiger charge is 2.29. The van der Waals surface area contributed by atoms with E-state index in [9.17, 15) is 5.11 Å². The molecule has 0 heterocycles. The number of aliphatic hydroxyl groups is 1. The molecule has 1 saturated carbocycles. The quantitative estimate of drug-likeness (QED) is 0.868. The van der Waals surface area contributed by atoms with Crippen molar-refractivity contribution in [3.05, 3.63) is 29.8 Å². The normalized spacial score (nSPS) is 18.2. The molecule has 1 aliphatic rings. The standard InChI is InChI=1S/C17H27NO2/c1-18(2)12-13-20-16-8-6-15(7-9-16)14-17(19)10-4-3-5-11-17/h6-9,19H,3-5,10-14H2,1-2H3. The molecule has 0 radical (unpaired) electrons. The summed E-state index contributed by atoms with van der Waals surface area (Å²) < 4.78 is 5.68. The van der Waals surface area contributed by atoms with Gasteiger partial charge in [0.15, 0.2) is 0 Å². The molecule has 0 atom stereocenters. The molecule has 0 aromatic heterocycles. The molecule has 1 N–H and O–H groups in total. The highest BCUT2D eigenvalue weighted by atomic mass is 16.5. The first-order chi connectivity index (χ1) is 9.57. The lowest BCUT2D eigenvalue weighted by atomic mass is 9.80. The van der Waals surface area contributed by atoms with Crippen molar-refractivity contribution in [3.63, 3.8) is 0 Å². The van der Waals surface area contributed by atoms with E-state index in [0.29, 0.717) is 6.61 Å². The van der Waals surface area contributed by atoms with Crippen molar-refractivity contribution >= 4 is 0 Å². The van der Waals surface area contributed by atoms with Gasteiger partial charge in [-0.25, -0.2) is 0 Å². The molecular weight excluding hydrogens is 250 g/mol. The summed E-state index contributed by atoms with van der Waals surface area (Å²) >= 11 is 0. The second-order valence-electron chi connectivity index (χ2n) is 6.26. The predicted molar refractivity (Wildman–Crippen MR) is 82.2 cm³/mol. The van der Waals surface area contributed by atoms with Crippen molar-refractivity contribution in [2.75, 3.05) is 27.2 Å². The minimum absolute atomic E-state index is 0.481. The van der Waals surface area contributed by atoms with E-state index in [2.05, 4.69) is 17.0 Å². The predicted octanol–water partition coefficient (Wildman–Crippen LogP) is 2.86. The molecular formula is C17H27NO2. The van der Waals surface area contributed by atoms with Gasteiger partial charge in [0.05, 0.1) is 5.60 Å². The maximum absolute atomic E-state index is 10.6. The largest absolute Gasteiger partial charge is 0.492 e. The molecule has 1 fully saturated rings. The zero-order valence-corrected chi connectivity index (χ0v) is 12.8. The van der Waals surface area contributed by atoms with Gasteiger partial charge in [-0.05, 0) is 44.6 Å². The van der Waals surface area contributed by atoms with Gasteiger partial charge in [0, 0.05) is 13.0 Å². The number of nitrogens with zero attached hydrogens (tertiary/aromatic N) is 1. The molecule has 0 spiro atoms. The summed E-state index contributed by atoms with van der Waals surface area (Å²) in [5.74, 6) is 0.909. The van der Waals surface area contributed by atoms with E-state index in [4.69, 9.17) is 4.74 Å². The van der Waals surface area contributed by atoms with Crippen molar-refractivity contribution in [1.82, 2.24) is 4.90 Å². The van der Waals surface area contributed by atoms with E-state index >= 15 is 0 Å². The smallest absolute Gasteiger partial charge is 0.119 e. The topological polar surface area (TPSA) is 32.7 Å². The Morgan fingerprint density at radius 3 is 2.35 bits per heavy atom. The number of benzene rings is 1. The Hall–Kier alpha value is -1.06. The van der Waals surface area contributed by atoms with Gasteiger partial charge in [0.25, 0.3) is 0 Å². The third kappa shape index (κ3) is 4.80. The van der Waals surface area contributed by atoms with Crippen LogP contribution in [-0.2, 0) is 6.42 Å². The van der Waals surface area contributed by atoms with Crippen molar-refractivity contribution < 1.29 is 9.84 Å². The molecule has 2 rings (SSSR count). The third-order valence-electron chi connectivity index (χ3n) is 4.05. The molecule has 0 aliphatic heterocycles. The lowest BCUT2D eigenvalue weighted by Crippen LogP contribution is -2.33. The van der Waals surface area contributed by atoms with Gasteiger partial charge in [-0.2, -0.15) is 0 Å². The summed E-state index contributed by atoms with van der Waals surface area (Å²) in [6.07, 6.45) is 6.22. The number of hydrogen-bond donors (Lipinski definition) is 1. The molecule has 112 valence electrons.